The van der Waals surface area contributed by atoms with E-state index in [0.717, 1.165) is 12.1 Å². The minimum Gasteiger partial charge on any atom is -0.289 e. The van der Waals surface area contributed by atoms with E-state index in [0.29, 0.717) is 17.6 Å². The van der Waals surface area contributed by atoms with Gasteiger partial charge in [-0.15, -0.1) is 0 Å². The summed E-state index contributed by atoms with van der Waals surface area (Å²) in [5.74, 6) is -55.3. The van der Waals surface area contributed by atoms with Gasteiger partial charge < -0.3 is 0 Å². The zero-order valence-corrected chi connectivity index (χ0v) is 21.6. The maximum atomic E-state index is 14.8. The third-order valence-electron chi connectivity index (χ3n) is 5.76. The lowest BCUT2D eigenvalue weighted by Gasteiger charge is -2.43. The maximum Gasteiger partial charge on any atom is 0.460 e. The normalized spacial score (nSPS) is 15.6. The number of hydrogen-bond donors (Lipinski definition) is 2. The van der Waals surface area contributed by atoms with Crippen LogP contribution >= 0.6 is 0 Å². The number of nitro groups is 1. The van der Waals surface area contributed by atoms with E-state index in [1.165, 1.54) is 0 Å². The summed E-state index contributed by atoms with van der Waals surface area (Å²) in [6.07, 6.45) is -7.99. The minimum absolute atomic E-state index is 0.0484. The van der Waals surface area contributed by atoms with Crippen molar-refractivity contribution in [2.75, 3.05) is 0 Å². The number of halogens is 17. The Bertz CT molecular complexity index is 1400. The molecule has 0 aliphatic carbocycles. The summed E-state index contributed by atoms with van der Waals surface area (Å²) in [6, 6.07) is -0.658. The van der Waals surface area contributed by atoms with E-state index in [-0.39, 0.29) is 6.92 Å². The molecule has 0 radical (unpaired) electrons. The first-order chi connectivity index (χ1) is 19.7. The van der Waals surface area contributed by atoms with Crippen LogP contribution in [0.3, 0.4) is 0 Å². The zero-order valence-electron chi connectivity index (χ0n) is 20.8. The molecule has 2 N–H and O–H groups in total. The topological polar surface area (TPSA) is 130 Å². The molecule has 0 aliphatic heterocycles. The lowest BCUT2D eigenvalue weighted by Crippen LogP contribution is -2.75. The van der Waals surface area contributed by atoms with E-state index in [1.54, 1.807) is 0 Å². The fourth-order valence-corrected chi connectivity index (χ4v) is 4.67. The Balaban J connectivity index is 3.99. The van der Waals surface area contributed by atoms with Crippen LogP contribution in [0, 0.1) is 10.1 Å². The molecule has 0 bridgehead atoms. The molecule has 1 amide bonds. The molecule has 1 aromatic rings. The van der Waals surface area contributed by atoms with Crippen LogP contribution in [0.15, 0.2) is 24.3 Å². The van der Waals surface area contributed by atoms with Crippen LogP contribution in [0.1, 0.15) is 12.5 Å². The summed E-state index contributed by atoms with van der Waals surface area (Å²) in [7, 11) is -8.05. The third-order valence-corrected chi connectivity index (χ3v) is 7.73. The number of para-hydroxylation sites is 1. The molecule has 0 saturated heterocycles. The van der Waals surface area contributed by atoms with Gasteiger partial charge in [-0.05, 0) is 6.92 Å². The molecular formula is C18H12F17N3O6S. The first-order valence-corrected chi connectivity index (χ1v) is 12.0. The number of alkyl halides is 17. The maximum absolute atomic E-state index is 14.8. The van der Waals surface area contributed by atoms with Crippen molar-refractivity contribution in [2.45, 2.75) is 66.5 Å². The zero-order chi connectivity index (χ0) is 36.2. The van der Waals surface area contributed by atoms with Gasteiger partial charge in [0.15, 0.2) is 0 Å². The van der Waals surface area contributed by atoms with E-state index in [9.17, 15) is 98.0 Å². The standard InChI is InChI=1S/C18H12F17N3O6S/c1-7(10(39)36-40)37(6-8-4-2-3-5-9(8)38(41)42)45(43,44)18(34,35)16(29,30)14(25,26)12(21,22)11(19,20)13(23,24)15(27,28)17(31,32)33/h2-5,7,40H,6H2,1H3,(H,36,39)/t7-/m0/s1. The highest BCUT2D eigenvalue weighted by Gasteiger charge is 2.96. The minimum atomic E-state index is -9.09. The molecule has 0 aromatic heterocycles. The summed E-state index contributed by atoms with van der Waals surface area (Å²) in [6.45, 7) is -2.11. The second-order valence-corrected chi connectivity index (χ2v) is 10.5. The summed E-state index contributed by atoms with van der Waals surface area (Å²) in [4.78, 5) is 21.4. The monoisotopic (exact) mass is 721 g/mol. The van der Waals surface area contributed by atoms with Crippen LogP contribution in [-0.4, -0.2) is 81.8 Å². The van der Waals surface area contributed by atoms with Gasteiger partial charge >= 0.3 is 47.0 Å². The van der Waals surface area contributed by atoms with Gasteiger partial charge in [-0.2, -0.15) is 78.9 Å². The number of nitrogens with zero attached hydrogens (tertiary/aromatic N) is 2. The van der Waals surface area contributed by atoms with E-state index in [2.05, 4.69) is 0 Å². The number of hydroxylamine groups is 1. The fourth-order valence-electron chi connectivity index (χ4n) is 3.10. The van der Waals surface area contributed by atoms with E-state index >= 15 is 0 Å². The van der Waals surface area contributed by atoms with Gasteiger partial charge in [0.2, 0.25) is 0 Å². The van der Waals surface area contributed by atoms with Crippen molar-refractivity contribution in [1.82, 2.24) is 9.79 Å². The molecule has 1 rings (SSSR count). The Morgan fingerprint density at radius 1 is 0.800 bits per heavy atom. The van der Waals surface area contributed by atoms with Crippen molar-refractivity contribution in [3.05, 3.63) is 39.9 Å². The van der Waals surface area contributed by atoms with Gasteiger partial charge in [-0.3, -0.25) is 20.1 Å². The van der Waals surface area contributed by atoms with Gasteiger partial charge in [0.25, 0.3) is 21.6 Å². The molecule has 45 heavy (non-hydrogen) atoms. The predicted molar refractivity (Wildman–Crippen MR) is 108 cm³/mol. The molecule has 0 heterocycles. The molecule has 0 saturated carbocycles. The lowest BCUT2D eigenvalue weighted by molar-refractivity contribution is -0.458. The van der Waals surface area contributed by atoms with Crippen molar-refractivity contribution < 1.29 is 98.0 Å². The van der Waals surface area contributed by atoms with Crippen LogP contribution in [0.4, 0.5) is 80.3 Å². The molecule has 0 unspecified atom stereocenters. The van der Waals surface area contributed by atoms with Crippen LogP contribution < -0.4 is 5.48 Å². The van der Waals surface area contributed by atoms with Crippen molar-refractivity contribution >= 4 is 21.6 Å². The molecule has 0 spiro atoms. The number of rotatable bonds is 13. The van der Waals surface area contributed by atoms with Crippen LogP contribution in [0.2, 0.25) is 0 Å². The number of amides is 1. The first-order valence-electron chi connectivity index (χ1n) is 10.6. The first kappa shape index (κ1) is 39.8. The Morgan fingerprint density at radius 2 is 1.18 bits per heavy atom. The van der Waals surface area contributed by atoms with E-state index in [1.807, 2.05) is 0 Å². The molecule has 1 atom stereocenters. The molecule has 260 valence electrons. The van der Waals surface area contributed by atoms with Gasteiger partial charge in [0.05, 0.1) is 4.92 Å². The highest BCUT2D eigenvalue weighted by Crippen LogP contribution is 2.64. The average molecular weight is 721 g/mol. The Morgan fingerprint density at radius 3 is 1.56 bits per heavy atom. The molecule has 1 aromatic carbocycles. The average Bonchev–Trinajstić information content (AvgIpc) is 2.89. The van der Waals surface area contributed by atoms with Gasteiger partial charge in [0.1, 0.15) is 6.04 Å². The smallest absolute Gasteiger partial charge is 0.289 e. The SMILES string of the molecule is C[C@@H](C(=O)NO)N(Cc1ccccc1[N+](=O)[O-])S(=O)(=O)C(F)(F)C(F)(F)C(F)(F)C(F)(F)C(F)(F)C(F)(F)C(F)(F)C(F)(F)F. The van der Waals surface area contributed by atoms with Crippen molar-refractivity contribution in [3.8, 4) is 0 Å². The summed E-state index contributed by atoms with van der Waals surface area (Å²) >= 11 is 0. The van der Waals surface area contributed by atoms with E-state index < -0.39 is 96.0 Å². The number of hydrogen-bond acceptors (Lipinski definition) is 6. The predicted octanol–water partition coefficient (Wildman–Crippen LogP) is 5.59. The van der Waals surface area contributed by atoms with Gasteiger partial charge in [-0.1, -0.05) is 18.2 Å². The lowest BCUT2D eigenvalue weighted by atomic mass is 9.91. The Labute approximate surface area is 236 Å². The molecule has 0 aliphatic rings. The van der Waals surface area contributed by atoms with Crippen LogP contribution in [-0.2, 0) is 21.4 Å². The number of nitrogens with one attached hydrogen (secondary N) is 1. The van der Waals surface area contributed by atoms with Gasteiger partial charge in [-0.25, -0.2) is 13.9 Å². The van der Waals surface area contributed by atoms with Gasteiger partial charge in [0, 0.05) is 18.2 Å². The number of carbonyl (C=O) groups is 1. The largest absolute Gasteiger partial charge is 0.460 e. The Hall–Kier alpha value is -3.23. The Kier molecular flexibility index (Phi) is 10.2. The number of nitro benzene ring substituents is 1. The summed E-state index contributed by atoms with van der Waals surface area (Å²) in [5.41, 5.74) is -1.95. The molecule has 0 fully saturated rings. The summed E-state index contributed by atoms with van der Waals surface area (Å²) < 4.78 is 255. The van der Waals surface area contributed by atoms with Crippen molar-refractivity contribution in [2.24, 2.45) is 0 Å². The fraction of sp³-hybridized carbons (Fsp3) is 0.611. The van der Waals surface area contributed by atoms with Crippen molar-refractivity contribution in [1.29, 1.82) is 0 Å². The number of carbonyl (C=O) groups excluding carboxylic acids is 1. The quantitative estimate of drug-likeness (QED) is 0.118. The molecular weight excluding hydrogens is 709 g/mol. The number of sulfonamides is 1. The number of benzene rings is 1. The van der Waals surface area contributed by atoms with Crippen LogP contribution in [0.25, 0.3) is 0 Å². The van der Waals surface area contributed by atoms with Crippen LogP contribution in [0.5, 0.6) is 0 Å². The highest BCUT2D eigenvalue weighted by atomic mass is 32.2. The highest BCUT2D eigenvalue weighted by molar-refractivity contribution is 7.90. The molecule has 9 nitrogen and oxygen atoms in total. The molecule has 27 heteroatoms. The van der Waals surface area contributed by atoms with Crippen molar-refractivity contribution in [3.63, 3.8) is 0 Å². The van der Waals surface area contributed by atoms with E-state index in [4.69, 9.17) is 5.21 Å². The third kappa shape index (κ3) is 5.69. The second-order valence-electron chi connectivity index (χ2n) is 8.55. The summed E-state index contributed by atoms with van der Waals surface area (Å²) in [5, 5.41) is 11.7. The second kappa shape index (κ2) is 11.5.